The Morgan fingerprint density at radius 2 is 1.83 bits per heavy atom. The molecule has 1 aromatic carbocycles. The topological polar surface area (TPSA) is 133 Å². The molecule has 3 aromatic heterocycles. The van der Waals surface area contributed by atoms with Crippen LogP contribution in [0.5, 0.6) is 0 Å². The number of sulfone groups is 1. The summed E-state index contributed by atoms with van der Waals surface area (Å²) in [6, 6.07) is 13.4. The Bertz CT molecular complexity index is 1560. The van der Waals surface area contributed by atoms with E-state index in [0.717, 1.165) is 28.1 Å². The maximum atomic E-state index is 13.7. The molecular weight excluding hydrogens is 464 g/mol. The number of rotatable bonds is 8. The minimum atomic E-state index is -3.41. The standard InChI is InChI=1S/C25H28N6O3S/c1-16-13-18(22-6-4-5-17(2)29-22)7-8-20(16)21-14-19-15-28-25(27-3)30-23(19)31(24(21)32)10-12-35(33,34)11-9-26/h4-8,13-15H,9-12,26H2,1-3H3,(H,27,28,30). The number of benzene rings is 1. The number of hydrogen-bond acceptors (Lipinski definition) is 8. The van der Waals surface area contributed by atoms with E-state index < -0.39 is 9.84 Å². The van der Waals surface area contributed by atoms with Crippen molar-refractivity contribution in [3.63, 3.8) is 0 Å². The van der Waals surface area contributed by atoms with Gasteiger partial charge < -0.3 is 11.1 Å². The number of fused-ring (bicyclic) bond motifs is 1. The molecular formula is C25H28N6O3S. The highest BCUT2D eigenvalue weighted by Gasteiger charge is 2.18. The Balaban J connectivity index is 1.85. The lowest BCUT2D eigenvalue weighted by atomic mass is 9.97. The molecule has 0 saturated heterocycles. The molecule has 10 heteroatoms. The Kier molecular flexibility index (Phi) is 6.95. The Morgan fingerprint density at radius 3 is 2.51 bits per heavy atom. The van der Waals surface area contributed by atoms with E-state index in [1.165, 1.54) is 4.57 Å². The zero-order valence-electron chi connectivity index (χ0n) is 19.9. The number of nitrogens with zero attached hydrogens (tertiary/aromatic N) is 4. The molecule has 9 nitrogen and oxygen atoms in total. The van der Waals surface area contributed by atoms with Crippen molar-refractivity contribution in [1.29, 1.82) is 0 Å². The van der Waals surface area contributed by atoms with E-state index >= 15 is 0 Å². The third-order valence-electron chi connectivity index (χ3n) is 5.81. The summed E-state index contributed by atoms with van der Waals surface area (Å²) in [6.45, 7) is 3.88. The van der Waals surface area contributed by atoms with Gasteiger partial charge in [0.2, 0.25) is 5.95 Å². The van der Waals surface area contributed by atoms with Gasteiger partial charge in [-0.3, -0.25) is 14.3 Å². The second-order valence-electron chi connectivity index (χ2n) is 8.37. The maximum absolute atomic E-state index is 13.7. The number of aromatic nitrogens is 4. The smallest absolute Gasteiger partial charge is 0.260 e. The summed E-state index contributed by atoms with van der Waals surface area (Å²) in [5.74, 6) is -0.00301. The summed E-state index contributed by atoms with van der Waals surface area (Å²) in [4.78, 5) is 27.0. The molecule has 0 amide bonds. The predicted octanol–water partition coefficient (Wildman–Crippen LogP) is 2.55. The molecule has 0 unspecified atom stereocenters. The molecule has 0 bridgehead atoms. The molecule has 0 atom stereocenters. The van der Waals surface area contributed by atoms with E-state index in [9.17, 15) is 13.2 Å². The molecule has 4 rings (SSSR count). The van der Waals surface area contributed by atoms with Crippen LogP contribution < -0.4 is 16.6 Å². The molecule has 182 valence electrons. The minimum absolute atomic E-state index is 0.0317. The van der Waals surface area contributed by atoms with Gasteiger partial charge in [0.15, 0.2) is 9.84 Å². The van der Waals surface area contributed by atoms with Crippen LogP contribution >= 0.6 is 0 Å². The van der Waals surface area contributed by atoms with Crippen LogP contribution in [0.15, 0.2) is 53.5 Å². The summed E-state index contributed by atoms with van der Waals surface area (Å²) in [7, 11) is -1.73. The average molecular weight is 493 g/mol. The molecule has 3 heterocycles. The Labute approximate surface area is 204 Å². The lowest BCUT2D eigenvalue weighted by Crippen LogP contribution is -2.28. The molecule has 0 radical (unpaired) electrons. The fourth-order valence-corrected chi connectivity index (χ4v) is 5.04. The molecule has 0 fully saturated rings. The van der Waals surface area contributed by atoms with Gasteiger partial charge in [0.1, 0.15) is 5.65 Å². The maximum Gasteiger partial charge on any atom is 0.260 e. The molecule has 4 aromatic rings. The molecule has 0 aliphatic carbocycles. The molecule has 35 heavy (non-hydrogen) atoms. The van der Waals surface area contributed by atoms with Crippen LogP contribution in [-0.2, 0) is 16.4 Å². The van der Waals surface area contributed by atoms with Gasteiger partial charge in [0, 0.05) is 48.5 Å². The first-order chi connectivity index (χ1) is 16.7. The number of nitrogens with two attached hydrogens (primary N) is 1. The van der Waals surface area contributed by atoms with Gasteiger partial charge in [-0.15, -0.1) is 0 Å². The number of hydrogen-bond donors (Lipinski definition) is 2. The summed E-state index contributed by atoms with van der Waals surface area (Å²) >= 11 is 0. The van der Waals surface area contributed by atoms with Crippen molar-refractivity contribution in [1.82, 2.24) is 19.5 Å². The van der Waals surface area contributed by atoms with Gasteiger partial charge in [-0.1, -0.05) is 18.2 Å². The fourth-order valence-electron chi connectivity index (χ4n) is 4.02. The second-order valence-corrected chi connectivity index (χ2v) is 10.7. The normalized spacial score (nSPS) is 11.7. The van der Waals surface area contributed by atoms with Gasteiger partial charge >= 0.3 is 0 Å². The minimum Gasteiger partial charge on any atom is -0.357 e. The molecule has 0 aliphatic rings. The van der Waals surface area contributed by atoms with Crippen LogP contribution in [-0.4, -0.2) is 53.0 Å². The van der Waals surface area contributed by atoms with Gasteiger partial charge in [-0.25, -0.2) is 13.4 Å². The number of anilines is 1. The highest BCUT2D eigenvalue weighted by Crippen LogP contribution is 2.28. The van der Waals surface area contributed by atoms with E-state index in [1.54, 1.807) is 19.3 Å². The van der Waals surface area contributed by atoms with Crippen LogP contribution in [0, 0.1) is 13.8 Å². The van der Waals surface area contributed by atoms with E-state index in [4.69, 9.17) is 5.73 Å². The second kappa shape index (κ2) is 9.93. The summed E-state index contributed by atoms with van der Waals surface area (Å²) in [6.07, 6.45) is 1.63. The van der Waals surface area contributed by atoms with Crippen LogP contribution in [0.25, 0.3) is 33.4 Å². The van der Waals surface area contributed by atoms with Gasteiger partial charge in [0.25, 0.3) is 5.56 Å². The number of pyridine rings is 2. The summed E-state index contributed by atoms with van der Waals surface area (Å²) in [5, 5.41) is 3.50. The molecule has 0 spiro atoms. The average Bonchev–Trinajstić information content (AvgIpc) is 2.83. The Hall–Kier alpha value is -3.63. The lowest BCUT2D eigenvalue weighted by Gasteiger charge is -2.15. The highest BCUT2D eigenvalue weighted by molar-refractivity contribution is 7.91. The zero-order valence-corrected chi connectivity index (χ0v) is 20.8. The van der Waals surface area contributed by atoms with Crippen LogP contribution in [0.2, 0.25) is 0 Å². The highest BCUT2D eigenvalue weighted by atomic mass is 32.2. The first-order valence-corrected chi connectivity index (χ1v) is 13.1. The van der Waals surface area contributed by atoms with Crippen LogP contribution in [0.1, 0.15) is 11.3 Å². The summed E-state index contributed by atoms with van der Waals surface area (Å²) in [5.41, 5.74) is 10.3. The van der Waals surface area contributed by atoms with Crippen LogP contribution in [0.3, 0.4) is 0 Å². The monoisotopic (exact) mass is 492 g/mol. The predicted molar refractivity (Wildman–Crippen MR) is 139 cm³/mol. The zero-order chi connectivity index (χ0) is 25.2. The molecule has 0 saturated carbocycles. The SMILES string of the molecule is CNc1ncc2cc(-c3ccc(-c4cccc(C)n4)cc3C)c(=O)n(CCS(=O)(=O)CCN)c2n1. The van der Waals surface area contributed by atoms with E-state index in [0.29, 0.717) is 22.5 Å². The number of aryl methyl sites for hydroxylation is 3. The van der Waals surface area contributed by atoms with E-state index in [2.05, 4.69) is 20.3 Å². The van der Waals surface area contributed by atoms with Crippen molar-refractivity contribution >= 4 is 26.8 Å². The molecule has 0 aliphatic heterocycles. The van der Waals surface area contributed by atoms with Crippen molar-refractivity contribution in [2.45, 2.75) is 20.4 Å². The van der Waals surface area contributed by atoms with Gasteiger partial charge in [-0.2, -0.15) is 4.98 Å². The van der Waals surface area contributed by atoms with Crippen molar-refractivity contribution in [2.75, 3.05) is 30.4 Å². The van der Waals surface area contributed by atoms with Gasteiger partial charge in [-0.05, 0) is 49.2 Å². The van der Waals surface area contributed by atoms with Crippen molar-refractivity contribution in [2.24, 2.45) is 5.73 Å². The Morgan fingerprint density at radius 1 is 1.03 bits per heavy atom. The van der Waals surface area contributed by atoms with E-state index in [1.807, 2.05) is 50.2 Å². The fraction of sp³-hybridized carbons (Fsp3) is 0.280. The first-order valence-electron chi connectivity index (χ1n) is 11.3. The van der Waals surface area contributed by atoms with Crippen molar-refractivity contribution in [3.8, 4) is 22.4 Å². The number of nitrogens with one attached hydrogen (secondary N) is 1. The lowest BCUT2D eigenvalue weighted by molar-refractivity contribution is 0.588. The molecule has 3 N–H and O–H groups in total. The van der Waals surface area contributed by atoms with Crippen molar-refractivity contribution in [3.05, 3.63) is 70.3 Å². The summed E-state index contributed by atoms with van der Waals surface area (Å²) < 4.78 is 26.1. The van der Waals surface area contributed by atoms with Crippen LogP contribution in [0.4, 0.5) is 5.95 Å². The largest absolute Gasteiger partial charge is 0.357 e. The third-order valence-corrected chi connectivity index (χ3v) is 7.47. The first kappa shape index (κ1) is 24.5. The quantitative estimate of drug-likeness (QED) is 0.383. The third kappa shape index (κ3) is 5.23. The van der Waals surface area contributed by atoms with Gasteiger partial charge in [0.05, 0.1) is 17.2 Å². The van der Waals surface area contributed by atoms with E-state index in [-0.39, 0.29) is 30.2 Å². The van der Waals surface area contributed by atoms with Crippen molar-refractivity contribution < 1.29 is 8.42 Å².